The highest BCUT2D eigenvalue weighted by Gasteiger charge is 2.23. The maximum atomic E-state index is 11.2. The summed E-state index contributed by atoms with van der Waals surface area (Å²) in [6.45, 7) is 6.63. The first kappa shape index (κ1) is 11.8. The Morgan fingerprint density at radius 3 is 2.29 bits per heavy atom. The van der Waals surface area contributed by atoms with Crippen LogP contribution in [-0.2, 0) is 11.8 Å². The van der Waals surface area contributed by atoms with E-state index in [4.69, 9.17) is 5.73 Å². The van der Waals surface area contributed by atoms with Crippen molar-refractivity contribution < 1.29 is 4.79 Å². The lowest BCUT2D eigenvalue weighted by Gasteiger charge is -2.35. The van der Waals surface area contributed by atoms with Gasteiger partial charge in [0.1, 0.15) is 0 Å². The van der Waals surface area contributed by atoms with Gasteiger partial charge in [-0.25, -0.2) is 0 Å². The molecule has 0 radical (unpaired) electrons. The standard InChI is InChI=1S/C11H19N5O/c1-8-10(12)11(14(3)13-8)16-6-4-15(5-7-16)9(2)17/h4-7,12H2,1-3H3. The molecule has 0 saturated carbocycles. The van der Waals surface area contributed by atoms with Gasteiger partial charge in [0, 0.05) is 40.2 Å². The molecule has 0 unspecified atom stereocenters. The third-order valence-electron chi connectivity index (χ3n) is 3.26. The minimum absolute atomic E-state index is 0.138. The molecule has 1 aromatic heterocycles. The molecule has 0 bridgehead atoms. The Morgan fingerprint density at radius 1 is 1.29 bits per heavy atom. The number of carbonyl (C=O) groups excluding carboxylic acids is 1. The van der Waals surface area contributed by atoms with Crippen molar-refractivity contribution in [2.24, 2.45) is 7.05 Å². The Hall–Kier alpha value is -1.72. The second-order valence-electron chi connectivity index (χ2n) is 4.44. The minimum Gasteiger partial charge on any atom is -0.394 e. The summed E-state index contributed by atoms with van der Waals surface area (Å²) in [5.74, 6) is 1.10. The quantitative estimate of drug-likeness (QED) is 0.745. The number of hydrogen-bond acceptors (Lipinski definition) is 4. The molecule has 0 atom stereocenters. The second kappa shape index (κ2) is 4.27. The Labute approximate surface area is 101 Å². The smallest absolute Gasteiger partial charge is 0.219 e. The number of carbonyl (C=O) groups is 1. The topological polar surface area (TPSA) is 67.4 Å². The average molecular weight is 237 g/mol. The van der Waals surface area contributed by atoms with Crippen LogP contribution in [0.5, 0.6) is 0 Å². The number of nitrogens with zero attached hydrogens (tertiary/aromatic N) is 4. The van der Waals surface area contributed by atoms with Crippen molar-refractivity contribution in [3.05, 3.63) is 5.69 Å². The number of anilines is 2. The Balaban J connectivity index is 2.13. The van der Waals surface area contributed by atoms with Crippen LogP contribution in [0.1, 0.15) is 12.6 Å². The molecule has 1 saturated heterocycles. The highest BCUT2D eigenvalue weighted by molar-refractivity contribution is 5.74. The maximum absolute atomic E-state index is 11.2. The van der Waals surface area contributed by atoms with Gasteiger partial charge in [-0.3, -0.25) is 9.48 Å². The summed E-state index contributed by atoms with van der Waals surface area (Å²) in [4.78, 5) is 15.3. The zero-order valence-electron chi connectivity index (χ0n) is 10.6. The first-order valence-corrected chi connectivity index (χ1v) is 5.80. The van der Waals surface area contributed by atoms with Gasteiger partial charge in [-0.2, -0.15) is 5.10 Å². The predicted molar refractivity (Wildman–Crippen MR) is 66.8 cm³/mol. The molecular formula is C11H19N5O. The maximum Gasteiger partial charge on any atom is 0.219 e. The first-order chi connectivity index (χ1) is 8.00. The summed E-state index contributed by atoms with van der Waals surface area (Å²) in [5.41, 5.74) is 7.62. The normalized spacial score (nSPS) is 16.4. The molecule has 2 rings (SSSR count). The molecular weight excluding hydrogens is 218 g/mol. The third-order valence-corrected chi connectivity index (χ3v) is 3.26. The van der Waals surface area contributed by atoms with Crippen molar-refractivity contribution >= 4 is 17.4 Å². The van der Waals surface area contributed by atoms with E-state index in [2.05, 4.69) is 10.00 Å². The lowest BCUT2D eigenvalue weighted by molar-refractivity contribution is -0.129. The summed E-state index contributed by atoms with van der Waals surface area (Å²) >= 11 is 0. The summed E-state index contributed by atoms with van der Waals surface area (Å²) in [6, 6.07) is 0. The molecule has 0 aromatic carbocycles. The largest absolute Gasteiger partial charge is 0.394 e. The van der Waals surface area contributed by atoms with E-state index in [0.29, 0.717) is 0 Å². The van der Waals surface area contributed by atoms with Gasteiger partial charge in [0.05, 0.1) is 11.4 Å². The van der Waals surface area contributed by atoms with Crippen LogP contribution >= 0.6 is 0 Å². The zero-order chi connectivity index (χ0) is 12.6. The first-order valence-electron chi connectivity index (χ1n) is 5.80. The lowest BCUT2D eigenvalue weighted by Crippen LogP contribution is -2.48. The van der Waals surface area contributed by atoms with E-state index in [1.807, 2.05) is 23.6 Å². The molecule has 1 fully saturated rings. The van der Waals surface area contributed by atoms with Crippen LogP contribution in [0, 0.1) is 6.92 Å². The number of hydrogen-bond donors (Lipinski definition) is 1. The van der Waals surface area contributed by atoms with E-state index < -0.39 is 0 Å². The van der Waals surface area contributed by atoms with Crippen LogP contribution in [0.15, 0.2) is 0 Å². The van der Waals surface area contributed by atoms with Gasteiger partial charge in [-0.05, 0) is 6.92 Å². The van der Waals surface area contributed by atoms with E-state index in [1.165, 1.54) is 0 Å². The fourth-order valence-electron chi connectivity index (χ4n) is 2.27. The van der Waals surface area contributed by atoms with Gasteiger partial charge in [-0.15, -0.1) is 0 Å². The summed E-state index contributed by atoms with van der Waals surface area (Å²) in [6.07, 6.45) is 0. The number of nitrogen functional groups attached to an aromatic ring is 1. The fraction of sp³-hybridized carbons (Fsp3) is 0.636. The van der Waals surface area contributed by atoms with E-state index >= 15 is 0 Å². The Kier molecular flexibility index (Phi) is 2.95. The Bertz CT molecular complexity index is 431. The van der Waals surface area contributed by atoms with Gasteiger partial charge < -0.3 is 15.5 Å². The summed E-state index contributed by atoms with van der Waals surface area (Å²) in [7, 11) is 1.90. The second-order valence-corrected chi connectivity index (χ2v) is 4.44. The summed E-state index contributed by atoms with van der Waals surface area (Å²) in [5, 5.41) is 4.31. The van der Waals surface area contributed by atoms with Crippen molar-refractivity contribution in [1.29, 1.82) is 0 Å². The number of amides is 1. The predicted octanol–water partition coefficient (Wildman–Crippen LogP) is -0.0208. The van der Waals surface area contributed by atoms with Crippen LogP contribution in [0.4, 0.5) is 11.5 Å². The average Bonchev–Trinajstić information content (AvgIpc) is 2.53. The highest BCUT2D eigenvalue weighted by Crippen LogP contribution is 2.26. The fourth-order valence-corrected chi connectivity index (χ4v) is 2.27. The van der Waals surface area contributed by atoms with Crippen LogP contribution in [-0.4, -0.2) is 46.8 Å². The molecule has 6 heteroatoms. The Morgan fingerprint density at radius 2 is 1.88 bits per heavy atom. The van der Waals surface area contributed by atoms with Crippen LogP contribution < -0.4 is 10.6 Å². The molecule has 2 N–H and O–H groups in total. The van der Waals surface area contributed by atoms with E-state index in [0.717, 1.165) is 43.4 Å². The SMILES string of the molecule is CC(=O)N1CCN(c2c(N)c(C)nn2C)CC1. The zero-order valence-corrected chi connectivity index (χ0v) is 10.6. The van der Waals surface area contributed by atoms with Gasteiger partial charge in [0.2, 0.25) is 5.91 Å². The number of nitrogens with two attached hydrogens (primary N) is 1. The van der Waals surface area contributed by atoms with Crippen molar-refractivity contribution in [3.63, 3.8) is 0 Å². The molecule has 2 heterocycles. The molecule has 0 spiro atoms. The van der Waals surface area contributed by atoms with E-state index in [-0.39, 0.29) is 5.91 Å². The lowest BCUT2D eigenvalue weighted by atomic mass is 10.3. The molecule has 1 aliphatic rings. The van der Waals surface area contributed by atoms with Gasteiger partial charge in [0.25, 0.3) is 0 Å². The van der Waals surface area contributed by atoms with Crippen LogP contribution in [0.25, 0.3) is 0 Å². The molecule has 1 aliphatic heterocycles. The molecule has 6 nitrogen and oxygen atoms in total. The van der Waals surface area contributed by atoms with Gasteiger partial charge >= 0.3 is 0 Å². The van der Waals surface area contributed by atoms with Gasteiger partial charge in [0.15, 0.2) is 5.82 Å². The van der Waals surface area contributed by atoms with Crippen molar-refractivity contribution in [2.75, 3.05) is 36.8 Å². The molecule has 1 amide bonds. The van der Waals surface area contributed by atoms with Crippen molar-refractivity contribution in [2.45, 2.75) is 13.8 Å². The number of piperazine rings is 1. The van der Waals surface area contributed by atoms with Crippen LogP contribution in [0.3, 0.4) is 0 Å². The molecule has 1 aromatic rings. The minimum atomic E-state index is 0.138. The number of aromatic nitrogens is 2. The van der Waals surface area contributed by atoms with Crippen LogP contribution in [0.2, 0.25) is 0 Å². The monoisotopic (exact) mass is 237 g/mol. The highest BCUT2D eigenvalue weighted by atomic mass is 16.2. The third kappa shape index (κ3) is 2.07. The molecule has 17 heavy (non-hydrogen) atoms. The van der Waals surface area contributed by atoms with Gasteiger partial charge in [-0.1, -0.05) is 0 Å². The number of aryl methyl sites for hydroxylation is 2. The van der Waals surface area contributed by atoms with Crippen molar-refractivity contribution in [1.82, 2.24) is 14.7 Å². The summed E-state index contributed by atoms with van der Waals surface area (Å²) < 4.78 is 1.81. The van der Waals surface area contributed by atoms with Crippen molar-refractivity contribution in [3.8, 4) is 0 Å². The molecule has 94 valence electrons. The molecule has 0 aliphatic carbocycles. The van der Waals surface area contributed by atoms with E-state index in [1.54, 1.807) is 6.92 Å². The number of rotatable bonds is 1. The van der Waals surface area contributed by atoms with E-state index in [9.17, 15) is 4.79 Å².